The van der Waals surface area contributed by atoms with Crippen LogP contribution in [-0.4, -0.2) is 65.8 Å². The molecule has 1 N–H and O–H groups in total. The van der Waals surface area contributed by atoms with Gasteiger partial charge in [-0.3, -0.25) is 9.00 Å². The van der Waals surface area contributed by atoms with Crippen molar-refractivity contribution in [3.8, 4) is 16.9 Å². The smallest absolute Gasteiger partial charge is 0.251 e. The van der Waals surface area contributed by atoms with Gasteiger partial charge in [0.25, 0.3) is 5.91 Å². The fourth-order valence-corrected chi connectivity index (χ4v) is 8.00. The van der Waals surface area contributed by atoms with Gasteiger partial charge in [0.2, 0.25) is 0 Å². The second-order valence-corrected chi connectivity index (χ2v) is 15.0. The molecule has 0 bridgehead atoms. The van der Waals surface area contributed by atoms with Crippen molar-refractivity contribution in [1.29, 1.82) is 0 Å². The van der Waals surface area contributed by atoms with E-state index in [0.29, 0.717) is 37.0 Å². The molecular weight excluding hydrogens is 673 g/mol. The third-order valence-electron chi connectivity index (χ3n) is 9.93. The highest BCUT2D eigenvalue weighted by atomic mass is 32.2. The Bertz CT molecular complexity index is 1830. The highest BCUT2D eigenvalue weighted by molar-refractivity contribution is 7.84. The monoisotopic (exact) mass is 724 g/mol. The van der Waals surface area contributed by atoms with E-state index in [2.05, 4.69) is 65.5 Å². The zero-order valence-electron chi connectivity index (χ0n) is 30.8. The Balaban J connectivity index is 1.16. The molecule has 0 unspecified atom stereocenters. The summed E-state index contributed by atoms with van der Waals surface area (Å²) in [5, 5.41) is 3.11. The largest absolute Gasteiger partial charge is 0.491 e. The first-order chi connectivity index (χ1) is 25.4. The number of carbonyl (C=O) groups excluding carboxylic acids is 1. The third kappa shape index (κ3) is 9.79. The maximum Gasteiger partial charge on any atom is 0.251 e. The van der Waals surface area contributed by atoms with Gasteiger partial charge < -0.3 is 29.0 Å². The van der Waals surface area contributed by atoms with Crippen LogP contribution in [0.2, 0.25) is 0 Å². The third-order valence-corrected chi connectivity index (χ3v) is 11.3. The maximum absolute atomic E-state index is 13.8. The number of unbranched alkanes of at least 4 members (excludes halogenated alkanes) is 1. The molecule has 276 valence electrons. The number of aromatic nitrogens is 2. The van der Waals surface area contributed by atoms with Crippen LogP contribution in [0.1, 0.15) is 62.9 Å². The number of fused-ring (bicyclic) bond motifs is 1. The van der Waals surface area contributed by atoms with Gasteiger partial charge in [-0.15, -0.1) is 0 Å². The second-order valence-electron chi connectivity index (χ2n) is 13.6. The van der Waals surface area contributed by atoms with Crippen LogP contribution in [0.15, 0.2) is 83.5 Å². The van der Waals surface area contributed by atoms with Crippen molar-refractivity contribution in [2.24, 2.45) is 5.92 Å². The summed E-state index contributed by atoms with van der Waals surface area (Å²) in [5.74, 6) is 1.64. The van der Waals surface area contributed by atoms with E-state index in [-0.39, 0.29) is 5.91 Å². The Morgan fingerprint density at radius 1 is 0.981 bits per heavy atom. The number of imidazole rings is 1. The summed E-state index contributed by atoms with van der Waals surface area (Å²) in [6.07, 6.45) is 8.76. The molecule has 1 saturated heterocycles. The molecule has 0 radical (unpaired) electrons. The van der Waals surface area contributed by atoms with Gasteiger partial charge in [-0.2, -0.15) is 0 Å². The van der Waals surface area contributed by atoms with Crippen molar-refractivity contribution in [1.82, 2.24) is 9.55 Å². The number of nitrogens with one attached hydrogen (secondary N) is 1. The summed E-state index contributed by atoms with van der Waals surface area (Å²) in [7, 11) is -1.23. The number of carbonyl (C=O) groups is 1. The highest BCUT2D eigenvalue weighted by Gasteiger charge is 2.24. The van der Waals surface area contributed by atoms with Crippen molar-refractivity contribution < 1.29 is 23.2 Å². The van der Waals surface area contributed by atoms with Gasteiger partial charge in [-0.05, 0) is 117 Å². The van der Waals surface area contributed by atoms with E-state index in [1.807, 2.05) is 47.9 Å². The molecule has 1 amide bonds. The van der Waals surface area contributed by atoms with Gasteiger partial charge in [0.1, 0.15) is 12.4 Å². The molecule has 52 heavy (non-hydrogen) atoms. The van der Waals surface area contributed by atoms with E-state index >= 15 is 0 Å². The average molecular weight is 725 g/mol. The Kier molecular flexibility index (Phi) is 13.3. The first-order valence-electron chi connectivity index (χ1n) is 18.7. The zero-order valence-corrected chi connectivity index (χ0v) is 31.6. The Labute approximate surface area is 310 Å². The fraction of sp³-hybridized carbons (Fsp3) is 0.429. The van der Waals surface area contributed by atoms with E-state index in [4.69, 9.17) is 14.2 Å². The SMILES string of the molecule is CCCCOCCOc1ccc(-c2ccc3c(c2)C=C(C(=O)Nc2ccc([S@](=O)Cc4c(C)ncn4CC)cc2)CCN3CC2CCOCC2)cc1. The Hall–Kier alpha value is -4.25. The van der Waals surface area contributed by atoms with Crippen LogP contribution in [-0.2, 0) is 37.4 Å². The van der Waals surface area contributed by atoms with Crippen molar-refractivity contribution >= 4 is 34.2 Å². The van der Waals surface area contributed by atoms with Gasteiger partial charge in [0, 0.05) is 61.3 Å². The normalized spacial score (nSPS) is 15.4. The molecule has 1 atom stereocenters. The molecule has 2 aliphatic heterocycles. The highest BCUT2D eigenvalue weighted by Crippen LogP contribution is 2.34. The topological polar surface area (TPSA) is 94.9 Å². The van der Waals surface area contributed by atoms with E-state index in [0.717, 1.165) is 115 Å². The molecule has 1 fully saturated rings. The van der Waals surface area contributed by atoms with Gasteiger partial charge in [-0.25, -0.2) is 4.98 Å². The summed E-state index contributed by atoms with van der Waals surface area (Å²) in [5.41, 5.74) is 7.63. The maximum atomic E-state index is 13.8. The molecule has 9 nitrogen and oxygen atoms in total. The minimum atomic E-state index is -1.23. The molecule has 6 rings (SSSR count). The van der Waals surface area contributed by atoms with Crippen LogP contribution >= 0.6 is 0 Å². The summed E-state index contributed by atoms with van der Waals surface area (Å²) in [6.45, 7) is 12.1. The zero-order chi connectivity index (χ0) is 36.3. The first-order valence-corrected chi connectivity index (χ1v) is 20.0. The number of hydrogen-bond acceptors (Lipinski definition) is 7. The number of ether oxygens (including phenoxy) is 3. The Morgan fingerprint density at radius 2 is 1.75 bits per heavy atom. The average Bonchev–Trinajstić information content (AvgIpc) is 3.42. The number of aryl methyl sites for hydroxylation is 2. The molecule has 2 aliphatic rings. The van der Waals surface area contributed by atoms with Crippen LogP contribution < -0.4 is 15.0 Å². The lowest BCUT2D eigenvalue weighted by Crippen LogP contribution is -2.33. The number of rotatable bonds is 16. The first kappa shape index (κ1) is 37.5. The Morgan fingerprint density at radius 3 is 2.50 bits per heavy atom. The van der Waals surface area contributed by atoms with Crippen LogP contribution in [0.4, 0.5) is 11.4 Å². The molecule has 0 saturated carbocycles. The lowest BCUT2D eigenvalue weighted by Gasteiger charge is -2.31. The van der Waals surface area contributed by atoms with Gasteiger partial charge in [0.15, 0.2) is 0 Å². The standard InChI is InChI=1S/C42H52N4O5S/c1-4-6-21-49-24-25-51-38-12-7-33(8-13-38)34-9-16-40-36(26-34)27-35(17-20-46(40)28-32-18-22-50-23-19-32)42(47)44-37-10-14-39(15-11-37)52(48)29-41-31(3)43-30-45(41)5-2/h7-16,26-27,30,32H,4-6,17-25,28-29H2,1-3H3,(H,44,47)/t52-/m1/s1. The number of hydrogen-bond donors (Lipinski definition) is 1. The molecule has 4 aromatic rings. The summed E-state index contributed by atoms with van der Waals surface area (Å²) < 4.78 is 32.4. The molecule has 10 heteroatoms. The van der Waals surface area contributed by atoms with Crippen LogP contribution in [0.25, 0.3) is 17.2 Å². The van der Waals surface area contributed by atoms with Crippen LogP contribution in [0.3, 0.4) is 0 Å². The van der Waals surface area contributed by atoms with Gasteiger partial charge in [-0.1, -0.05) is 31.5 Å². The molecule has 0 aliphatic carbocycles. The number of amides is 1. The number of anilines is 2. The molecular formula is C42H52N4O5S. The molecule has 1 aromatic heterocycles. The van der Waals surface area contributed by atoms with Crippen molar-refractivity contribution in [2.45, 2.75) is 70.1 Å². The van der Waals surface area contributed by atoms with E-state index in [1.54, 1.807) is 6.33 Å². The minimum absolute atomic E-state index is 0.124. The van der Waals surface area contributed by atoms with E-state index in [9.17, 15) is 9.00 Å². The number of nitrogens with zero attached hydrogens (tertiary/aromatic N) is 3. The summed E-state index contributed by atoms with van der Waals surface area (Å²) in [6, 6.07) is 22.1. The quantitative estimate of drug-likeness (QED) is 0.117. The van der Waals surface area contributed by atoms with Crippen LogP contribution in [0.5, 0.6) is 5.75 Å². The predicted molar refractivity (Wildman–Crippen MR) is 209 cm³/mol. The molecule has 3 aromatic carbocycles. The predicted octanol–water partition coefficient (Wildman–Crippen LogP) is 8.04. The van der Waals surface area contributed by atoms with Crippen LogP contribution in [0, 0.1) is 12.8 Å². The van der Waals surface area contributed by atoms with Crippen molar-refractivity contribution in [3.63, 3.8) is 0 Å². The second kappa shape index (κ2) is 18.5. The lowest BCUT2D eigenvalue weighted by molar-refractivity contribution is -0.112. The van der Waals surface area contributed by atoms with Crippen molar-refractivity contribution in [3.05, 3.63) is 95.6 Å². The molecule has 0 spiro atoms. The lowest BCUT2D eigenvalue weighted by atomic mass is 9.98. The van der Waals surface area contributed by atoms with Gasteiger partial charge in [0.05, 0.1) is 40.9 Å². The van der Waals surface area contributed by atoms with Crippen molar-refractivity contribution in [2.75, 3.05) is 56.3 Å². The number of benzene rings is 3. The fourth-order valence-electron chi connectivity index (χ4n) is 6.77. The minimum Gasteiger partial charge on any atom is -0.491 e. The molecule has 3 heterocycles. The summed E-state index contributed by atoms with van der Waals surface area (Å²) in [4.78, 5) is 21.4. The summed E-state index contributed by atoms with van der Waals surface area (Å²) >= 11 is 0. The van der Waals surface area contributed by atoms with E-state index in [1.165, 1.54) is 0 Å². The van der Waals surface area contributed by atoms with Gasteiger partial charge >= 0.3 is 0 Å². The van der Waals surface area contributed by atoms with E-state index < -0.39 is 10.8 Å².